The number of hydrogen-bond donors (Lipinski definition) is 0. The zero-order chi connectivity index (χ0) is 12.8. The van der Waals surface area contributed by atoms with Gasteiger partial charge in [-0.3, -0.25) is 4.90 Å². The maximum atomic E-state index is 2.74. The first-order valence-electron chi connectivity index (χ1n) is 7.66. The van der Waals surface area contributed by atoms with Crippen LogP contribution in [0.3, 0.4) is 0 Å². The predicted molar refractivity (Wildman–Crippen MR) is 86.3 cm³/mol. The Bertz CT molecular complexity index is 331. The van der Waals surface area contributed by atoms with Gasteiger partial charge in [-0.25, -0.2) is 0 Å². The monoisotopic (exact) mass is 281 g/mol. The minimum absolute atomic E-state index is 0. The van der Waals surface area contributed by atoms with Crippen LogP contribution in [0.4, 0.5) is 0 Å². The number of fused-ring (bicyclic) bond motifs is 1. The van der Waals surface area contributed by atoms with Crippen molar-refractivity contribution < 1.29 is 0 Å². The fourth-order valence-corrected chi connectivity index (χ4v) is 2.99. The van der Waals surface area contributed by atoms with Crippen LogP contribution in [0.1, 0.15) is 50.7 Å². The Hall–Kier alpha value is -0.530. The lowest BCUT2D eigenvalue weighted by Crippen LogP contribution is -2.37. The Balaban J connectivity index is 0.00000180. The third-order valence-corrected chi connectivity index (χ3v) is 4.14. The van der Waals surface area contributed by atoms with Gasteiger partial charge in [0.05, 0.1) is 0 Å². The van der Waals surface area contributed by atoms with Gasteiger partial charge in [0, 0.05) is 6.04 Å². The summed E-state index contributed by atoms with van der Waals surface area (Å²) < 4.78 is 0. The van der Waals surface area contributed by atoms with Gasteiger partial charge in [0.25, 0.3) is 0 Å². The molecule has 1 nitrogen and oxygen atoms in total. The summed E-state index contributed by atoms with van der Waals surface area (Å²) in [5.74, 6) is 0. The zero-order valence-corrected chi connectivity index (χ0v) is 13.2. The first-order valence-corrected chi connectivity index (χ1v) is 7.66. The largest absolute Gasteiger partial charge is 0.300 e. The Morgan fingerprint density at radius 2 is 1.42 bits per heavy atom. The van der Waals surface area contributed by atoms with Crippen molar-refractivity contribution in [3.05, 3.63) is 35.4 Å². The van der Waals surface area contributed by atoms with Crippen LogP contribution in [0.5, 0.6) is 0 Å². The van der Waals surface area contributed by atoms with Gasteiger partial charge >= 0.3 is 0 Å². The van der Waals surface area contributed by atoms with Crippen LogP contribution >= 0.6 is 12.4 Å². The summed E-state index contributed by atoms with van der Waals surface area (Å²) in [7, 11) is 0. The first kappa shape index (κ1) is 16.5. The number of hydrogen-bond acceptors (Lipinski definition) is 1. The van der Waals surface area contributed by atoms with Gasteiger partial charge in [0.2, 0.25) is 0 Å². The summed E-state index contributed by atoms with van der Waals surface area (Å²) in [4.78, 5) is 2.74. The van der Waals surface area contributed by atoms with Crippen LogP contribution in [0.25, 0.3) is 0 Å². The Kier molecular flexibility index (Phi) is 7.48. The third kappa shape index (κ3) is 4.50. The van der Waals surface area contributed by atoms with Crippen molar-refractivity contribution in [3.63, 3.8) is 0 Å². The maximum absolute atomic E-state index is 2.74. The van der Waals surface area contributed by atoms with Gasteiger partial charge < -0.3 is 0 Å². The molecule has 0 amide bonds. The highest BCUT2D eigenvalue weighted by atomic mass is 35.5. The molecule has 1 aromatic carbocycles. The lowest BCUT2D eigenvalue weighted by atomic mass is 10.1. The van der Waals surface area contributed by atoms with E-state index in [1.165, 1.54) is 51.6 Å². The summed E-state index contributed by atoms with van der Waals surface area (Å²) in [6, 6.07) is 9.76. The molecule has 19 heavy (non-hydrogen) atoms. The lowest BCUT2D eigenvalue weighted by molar-refractivity contribution is 0.195. The SMILES string of the molecule is CCCCN(CCCC)C1Cc2ccccc2C1.Cl. The van der Waals surface area contributed by atoms with Crippen molar-refractivity contribution in [2.45, 2.75) is 58.4 Å². The van der Waals surface area contributed by atoms with E-state index in [1.54, 1.807) is 11.1 Å². The highest BCUT2D eigenvalue weighted by molar-refractivity contribution is 5.85. The Morgan fingerprint density at radius 3 is 1.84 bits per heavy atom. The second-order valence-corrected chi connectivity index (χ2v) is 5.57. The minimum atomic E-state index is 0. The fraction of sp³-hybridized carbons (Fsp3) is 0.647. The summed E-state index contributed by atoms with van der Waals surface area (Å²) in [6.07, 6.45) is 7.84. The molecule has 0 fully saturated rings. The number of rotatable bonds is 7. The topological polar surface area (TPSA) is 3.24 Å². The molecular weight excluding hydrogens is 254 g/mol. The van der Waals surface area contributed by atoms with E-state index < -0.39 is 0 Å². The quantitative estimate of drug-likeness (QED) is 0.712. The molecule has 2 rings (SSSR count). The van der Waals surface area contributed by atoms with Gasteiger partial charge in [-0.1, -0.05) is 51.0 Å². The van der Waals surface area contributed by atoms with E-state index in [-0.39, 0.29) is 12.4 Å². The summed E-state index contributed by atoms with van der Waals surface area (Å²) in [6.45, 7) is 7.16. The highest BCUT2D eigenvalue weighted by Crippen LogP contribution is 2.25. The van der Waals surface area contributed by atoms with E-state index in [1.807, 2.05) is 0 Å². The van der Waals surface area contributed by atoms with E-state index in [0.717, 1.165) is 6.04 Å². The highest BCUT2D eigenvalue weighted by Gasteiger charge is 2.25. The van der Waals surface area contributed by atoms with Gasteiger partial charge in [-0.2, -0.15) is 0 Å². The van der Waals surface area contributed by atoms with Crippen LogP contribution in [0.15, 0.2) is 24.3 Å². The molecule has 1 aromatic rings. The number of halogens is 1. The zero-order valence-electron chi connectivity index (χ0n) is 12.4. The minimum Gasteiger partial charge on any atom is -0.300 e. The van der Waals surface area contributed by atoms with Crippen molar-refractivity contribution in [1.82, 2.24) is 4.90 Å². The van der Waals surface area contributed by atoms with Crippen molar-refractivity contribution >= 4 is 12.4 Å². The van der Waals surface area contributed by atoms with Gasteiger partial charge in [0.15, 0.2) is 0 Å². The molecule has 2 heteroatoms. The second kappa shape index (κ2) is 8.60. The van der Waals surface area contributed by atoms with Crippen molar-refractivity contribution in [1.29, 1.82) is 0 Å². The molecule has 0 aromatic heterocycles. The van der Waals surface area contributed by atoms with Crippen LogP contribution in [0.2, 0.25) is 0 Å². The molecule has 0 saturated carbocycles. The molecule has 0 saturated heterocycles. The summed E-state index contributed by atoms with van der Waals surface area (Å²) >= 11 is 0. The summed E-state index contributed by atoms with van der Waals surface area (Å²) in [5, 5.41) is 0. The Morgan fingerprint density at radius 1 is 0.947 bits per heavy atom. The molecule has 1 aliphatic carbocycles. The van der Waals surface area contributed by atoms with Crippen molar-refractivity contribution in [3.8, 4) is 0 Å². The van der Waals surface area contributed by atoms with Crippen LogP contribution < -0.4 is 0 Å². The van der Waals surface area contributed by atoms with Crippen LogP contribution in [-0.2, 0) is 12.8 Å². The normalized spacial score (nSPS) is 14.5. The second-order valence-electron chi connectivity index (χ2n) is 5.57. The first-order chi connectivity index (χ1) is 8.85. The molecular formula is C17H28ClN. The molecule has 0 spiro atoms. The molecule has 0 aliphatic heterocycles. The van der Waals surface area contributed by atoms with E-state index in [9.17, 15) is 0 Å². The van der Waals surface area contributed by atoms with Crippen LogP contribution in [0, 0.1) is 0 Å². The van der Waals surface area contributed by atoms with Gasteiger partial charge in [-0.15, -0.1) is 12.4 Å². The van der Waals surface area contributed by atoms with Crippen LogP contribution in [-0.4, -0.2) is 24.0 Å². The standard InChI is InChI=1S/C17H27N.ClH/c1-3-5-11-18(12-6-4-2)17-13-15-9-7-8-10-16(15)14-17;/h7-10,17H,3-6,11-14H2,1-2H3;1H. The molecule has 0 unspecified atom stereocenters. The van der Waals surface area contributed by atoms with Crippen molar-refractivity contribution in [2.24, 2.45) is 0 Å². The molecule has 0 heterocycles. The molecule has 0 bridgehead atoms. The molecule has 108 valence electrons. The van der Waals surface area contributed by atoms with E-state index in [4.69, 9.17) is 0 Å². The molecule has 0 atom stereocenters. The molecule has 0 N–H and O–H groups in total. The summed E-state index contributed by atoms with van der Waals surface area (Å²) in [5.41, 5.74) is 3.17. The fourth-order valence-electron chi connectivity index (χ4n) is 2.99. The lowest BCUT2D eigenvalue weighted by Gasteiger charge is -2.28. The number of nitrogens with zero attached hydrogens (tertiary/aromatic N) is 1. The third-order valence-electron chi connectivity index (χ3n) is 4.14. The number of benzene rings is 1. The average molecular weight is 282 g/mol. The van der Waals surface area contributed by atoms with Gasteiger partial charge in [-0.05, 0) is 49.9 Å². The van der Waals surface area contributed by atoms with E-state index >= 15 is 0 Å². The predicted octanol–water partition coefficient (Wildman–Crippen LogP) is 4.48. The van der Waals surface area contributed by atoms with Crippen molar-refractivity contribution in [2.75, 3.05) is 13.1 Å². The number of unbranched alkanes of at least 4 members (excludes halogenated alkanes) is 2. The van der Waals surface area contributed by atoms with E-state index in [0.29, 0.717) is 0 Å². The van der Waals surface area contributed by atoms with Gasteiger partial charge in [0.1, 0.15) is 0 Å². The average Bonchev–Trinajstić information content (AvgIpc) is 2.82. The van der Waals surface area contributed by atoms with E-state index in [2.05, 4.69) is 43.0 Å². The Labute approximate surface area is 124 Å². The maximum Gasteiger partial charge on any atom is 0.0176 e. The molecule has 1 aliphatic rings. The molecule has 0 radical (unpaired) electrons. The smallest absolute Gasteiger partial charge is 0.0176 e.